The van der Waals surface area contributed by atoms with Gasteiger partial charge in [-0.2, -0.15) is 5.26 Å². The summed E-state index contributed by atoms with van der Waals surface area (Å²) in [5, 5.41) is 12.3. The highest BCUT2D eigenvalue weighted by atomic mass is 127. The van der Waals surface area contributed by atoms with Crippen LogP contribution in [0.25, 0.3) is 0 Å². The van der Waals surface area contributed by atoms with Gasteiger partial charge in [0.1, 0.15) is 0 Å². The second-order valence-corrected chi connectivity index (χ2v) is 6.50. The van der Waals surface area contributed by atoms with Crippen molar-refractivity contribution in [3.8, 4) is 6.07 Å². The Kier molecular flexibility index (Phi) is 7.92. The van der Waals surface area contributed by atoms with E-state index in [0.717, 1.165) is 37.6 Å². The van der Waals surface area contributed by atoms with E-state index in [-0.39, 0.29) is 24.0 Å². The Morgan fingerprint density at radius 1 is 1.15 bits per heavy atom. The van der Waals surface area contributed by atoms with Crippen LogP contribution in [-0.4, -0.2) is 31.0 Å². The van der Waals surface area contributed by atoms with Crippen molar-refractivity contribution in [3.63, 3.8) is 0 Å². The number of likely N-dealkylation sites (tertiary alicyclic amines) is 1. The summed E-state index contributed by atoms with van der Waals surface area (Å²) in [6.45, 7) is 2.81. The number of nitrogens with zero attached hydrogens (tertiary/aromatic N) is 3. The third-order valence-corrected chi connectivity index (χ3v) is 4.70. The van der Waals surface area contributed by atoms with Crippen molar-refractivity contribution in [2.75, 3.05) is 20.1 Å². The maximum absolute atomic E-state index is 8.87. The van der Waals surface area contributed by atoms with Crippen LogP contribution in [0.1, 0.15) is 23.1 Å². The Balaban J connectivity index is 0.00000243. The van der Waals surface area contributed by atoms with Gasteiger partial charge >= 0.3 is 0 Å². The zero-order valence-electron chi connectivity index (χ0n) is 15.1. The van der Waals surface area contributed by atoms with Crippen molar-refractivity contribution in [1.82, 2.24) is 10.2 Å². The number of nitrogens with one attached hydrogen (secondary N) is 1. The van der Waals surface area contributed by atoms with Crippen molar-refractivity contribution in [3.05, 3.63) is 71.3 Å². The Labute approximate surface area is 173 Å². The summed E-state index contributed by atoms with van der Waals surface area (Å²) < 4.78 is 0. The van der Waals surface area contributed by atoms with Crippen molar-refractivity contribution in [2.24, 2.45) is 10.9 Å². The van der Waals surface area contributed by atoms with Crippen molar-refractivity contribution in [2.45, 2.75) is 19.4 Å². The highest BCUT2D eigenvalue weighted by Crippen LogP contribution is 2.21. The summed E-state index contributed by atoms with van der Waals surface area (Å²) in [4.78, 5) is 6.78. The van der Waals surface area contributed by atoms with Crippen molar-refractivity contribution >= 4 is 29.9 Å². The molecule has 0 radical (unpaired) electrons. The van der Waals surface area contributed by atoms with E-state index in [1.165, 1.54) is 12.0 Å². The first-order valence-electron chi connectivity index (χ1n) is 8.77. The summed E-state index contributed by atoms with van der Waals surface area (Å²) in [5.74, 6) is 1.63. The highest BCUT2D eigenvalue weighted by Gasteiger charge is 2.24. The molecule has 1 aliphatic heterocycles. The van der Waals surface area contributed by atoms with Gasteiger partial charge in [0, 0.05) is 26.7 Å². The van der Waals surface area contributed by atoms with Crippen LogP contribution in [0.3, 0.4) is 0 Å². The van der Waals surface area contributed by atoms with Gasteiger partial charge in [0.15, 0.2) is 5.96 Å². The Morgan fingerprint density at radius 2 is 1.88 bits per heavy atom. The number of nitriles is 1. The van der Waals surface area contributed by atoms with E-state index in [2.05, 4.69) is 51.6 Å². The van der Waals surface area contributed by atoms with Crippen molar-refractivity contribution in [1.29, 1.82) is 5.26 Å². The second-order valence-electron chi connectivity index (χ2n) is 6.50. The van der Waals surface area contributed by atoms with E-state index in [1.807, 2.05) is 31.3 Å². The fourth-order valence-electron chi connectivity index (χ4n) is 3.35. The Morgan fingerprint density at radius 3 is 2.54 bits per heavy atom. The van der Waals surface area contributed by atoms with Crippen LogP contribution in [-0.2, 0) is 13.0 Å². The number of hydrogen-bond donors (Lipinski definition) is 1. The zero-order valence-corrected chi connectivity index (χ0v) is 17.4. The van der Waals surface area contributed by atoms with Crippen LogP contribution >= 0.6 is 24.0 Å². The molecule has 1 unspecified atom stereocenters. The number of benzene rings is 2. The van der Waals surface area contributed by atoms with Crippen LogP contribution in [0.2, 0.25) is 0 Å². The standard InChI is InChI=1S/C21H24N4.HI/c1-23-21(24-15-19-9-7-18(14-22)8-10-19)25-12-11-20(16-25)13-17-5-3-2-4-6-17;/h2-10,20H,11-13,15-16H2,1H3,(H,23,24);1H. The topological polar surface area (TPSA) is 51.4 Å². The predicted octanol–water partition coefficient (Wildman–Crippen LogP) is 3.82. The highest BCUT2D eigenvalue weighted by molar-refractivity contribution is 14.0. The smallest absolute Gasteiger partial charge is 0.193 e. The molecule has 1 fully saturated rings. The molecule has 2 aromatic rings. The second kappa shape index (κ2) is 10.2. The van der Waals surface area contributed by atoms with Crippen LogP contribution in [0.4, 0.5) is 0 Å². The maximum atomic E-state index is 8.87. The minimum absolute atomic E-state index is 0. The molecule has 1 atom stereocenters. The zero-order chi connectivity index (χ0) is 17.5. The van der Waals surface area contributed by atoms with Gasteiger partial charge in [-0.3, -0.25) is 4.99 Å². The lowest BCUT2D eigenvalue weighted by Gasteiger charge is -2.22. The van der Waals surface area contributed by atoms with Gasteiger partial charge in [0.05, 0.1) is 11.6 Å². The molecule has 2 aromatic carbocycles. The first kappa shape index (κ1) is 20.2. The number of rotatable bonds is 4. The van der Waals surface area contributed by atoms with E-state index in [4.69, 9.17) is 5.26 Å². The van der Waals surface area contributed by atoms with E-state index in [1.54, 1.807) is 0 Å². The van der Waals surface area contributed by atoms with Gasteiger partial charge in [0.25, 0.3) is 0 Å². The Hall–Kier alpha value is -2.07. The van der Waals surface area contributed by atoms with Gasteiger partial charge in [-0.15, -0.1) is 24.0 Å². The lowest BCUT2D eigenvalue weighted by molar-refractivity contribution is 0.460. The largest absolute Gasteiger partial charge is 0.352 e. The number of hydrogen-bond acceptors (Lipinski definition) is 2. The minimum Gasteiger partial charge on any atom is -0.352 e. The quantitative estimate of drug-likeness (QED) is 0.429. The fraction of sp³-hybridized carbons (Fsp3) is 0.333. The molecule has 1 saturated heterocycles. The molecule has 1 aliphatic rings. The molecule has 4 nitrogen and oxygen atoms in total. The summed E-state index contributed by atoms with van der Waals surface area (Å²) in [5.41, 5.74) is 3.26. The molecule has 0 spiro atoms. The number of aliphatic imine (C=N–C) groups is 1. The third-order valence-electron chi connectivity index (χ3n) is 4.70. The molecule has 136 valence electrons. The molecule has 0 bridgehead atoms. The number of halogens is 1. The van der Waals surface area contributed by atoms with E-state index < -0.39 is 0 Å². The van der Waals surface area contributed by atoms with Crippen LogP contribution in [0, 0.1) is 17.2 Å². The molecular weight excluding hydrogens is 435 g/mol. The van der Waals surface area contributed by atoms with E-state index in [0.29, 0.717) is 11.5 Å². The molecule has 1 heterocycles. The third kappa shape index (κ3) is 5.46. The summed E-state index contributed by atoms with van der Waals surface area (Å²) >= 11 is 0. The van der Waals surface area contributed by atoms with Crippen LogP contribution < -0.4 is 5.32 Å². The molecular formula is C21H25IN4. The molecule has 1 N–H and O–H groups in total. The predicted molar refractivity (Wildman–Crippen MR) is 117 cm³/mol. The first-order valence-corrected chi connectivity index (χ1v) is 8.77. The SMILES string of the molecule is CN=C(NCc1ccc(C#N)cc1)N1CCC(Cc2ccccc2)C1.I. The normalized spacial score (nSPS) is 16.7. The number of guanidine groups is 1. The average Bonchev–Trinajstić information content (AvgIpc) is 3.12. The lowest BCUT2D eigenvalue weighted by Crippen LogP contribution is -2.39. The van der Waals surface area contributed by atoms with Crippen LogP contribution in [0.5, 0.6) is 0 Å². The molecule has 0 amide bonds. The molecule has 5 heteroatoms. The Bertz CT molecular complexity index is 750. The van der Waals surface area contributed by atoms with Crippen LogP contribution in [0.15, 0.2) is 59.6 Å². The molecule has 26 heavy (non-hydrogen) atoms. The average molecular weight is 460 g/mol. The van der Waals surface area contributed by atoms with Gasteiger partial charge in [0.2, 0.25) is 0 Å². The van der Waals surface area contributed by atoms with Crippen molar-refractivity contribution < 1.29 is 0 Å². The maximum Gasteiger partial charge on any atom is 0.193 e. The van der Waals surface area contributed by atoms with E-state index in [9.17, 15) is 0 Å². The van der Waals surface area contributed by atoms with Gasteiger partial charge in [-0.1, -0.05) is 42.5 Å². The molecule has 0 aliphatic carbocycles. The fourth-order valence-corrected chi connectivity index (χ4v) is 3.35. The van der Waals surface area contributed by atoms with Gasteiger partial charge in [-0.05, 0) is 42.0 Å². The lowest BCUT2D eigenvalue weighted by atomic mass is 9.99. The molecule has 3 rings (SSSR count). The van der Waals surface area contributed by atoms with Gasteiger partial charge in [-0.25, -0.2) is 0 Å². The summed E-state index contributed by atoms with van der Waals surface area (Å²) in [7, 11) is 1.84. The molecule has 0 aromatic heterocycles. The minimum atomic E-state index is 0. The van der Waals surface area contributed by atoms with Gasteiger partial charge < -0.3 is 10.2 Å². The monoisotopic (exact) mass is 460 g/mol. The molecule has 0 saturated carbocycles. The first-order chi connectivity index (χ1) is 12.3. The summed E-state index contributed by atoms with van der Waals surface area (Å²) in [6.07, 6.45) is 2.33. The van der Waals surface area contributed by atoms with E-state index >= 15 is 0 Å². The summed E-state index contributed by atoms with van der Waals surface area (Å²) in [6, 6.07) is 20.5.